The van der Waals surface area contributed by atoms with E-state index in [2.05, 4.69) is 6.92 Å². The molecule has 1 aliphatic heterocycles. The van der Waals surface area contributed by atoms with Gasteiger partial charge in [-0.3, -0.25) is 0 Å². The molecule has 0 aromatic heterocycles. The minimum Gasteiger partial charge on any atom is -0.400 e. The molecule has 1 saturated heterocycles. The highest BCUT2D eigenvalue weighted by Gasteiger charge is 2.50. The third kappa shape index (κ3) is 7.41. The topological polar surface area (TPSA) is 38.7 Å². The van der Waals surface area contributed by atoms with Gasteiger partial charge in [-0.15, -0.1) is 0 Å². The van der Waals surface area contributed by atoms with Crippen LogP contribution in [0.15, 0.2) is 12.1 Å². The monoisotopic (exact) mass is 324 g/mol. The van der Waals surface area contributed by atoms with Gasteiger partial charge in [-0.2, -0.15) is 0 Å². The Morgan fingerprint density at radius 1 is 0.870 bits per heavy atom. The summed E-state index contributed by atoms with van der Waals surface area (Å²) in [5, 5.41) is 10.0. The molecule has 1 atom stereocenters. The van der Waals surface area contributed by atoms with E-state index in [9.17, 15) is 5.11 Å². The second-order valence-electron chi connectivity index (χ2n) is 7.84. The van der Waals surface area contributed by atoms with Crippen molar-refractivity contribution in [1.29, 1.82) is 0 Å². The predicted molar refractivity (Wildman–Crippen MR) is 98.5 cm³/mol. The van der Waals surface area contributed by atoms with E-state index in [0.29, 0.717) is 0 Å². The van der Waals surface area contributed by atoms with Gasteiger partial charge in [0.05, 0.1) is 17.3 Å². The molecule has 0 bridgehead atoms. The lowest BCUT2D eigenvalue weighted by Crippen LogP contribution is -2.41. The van der Waals surface area contributed by atoms with Crippen LogP contribution < -0.4 is 0 Å². The van der Waals surface area contributed by atoms with Crippen LogP contribution in [-0.4, -0.2) is 29.5 Å². The summed E-state index contributed by atoms with van der Waals surface area (Å²) in [6.07, 6.45) is 12.6. The maximum absolute atomic E-state index is 10.0. The van der Waals surface area contributed by atoms with E-state index in [1.807, 2.05) is 39.7 Å². The number of unbranched alkanes of at least 4 members (excludes halogenated alkanes) is 7. The summed E-state index contributed by atoms with van der Waals surface area (Å²) in [6, 6.07) is 0. The second kappa shape index (κ2) is 9.85. The quantitative estimate of drug-likeness (QED) is 0.426. The van der Waals surface area contributed by atoms with Gasteiger partial charge in [0, 0.05) is 0 Å². The van der Waals surface area contributed by atoms with Crippen molar-refractivity contribution in [2.75, 3.05) is 0 Å². The number of hydrogen-bond donors (Lipinski definition) is 1. The van der Waals surface area contributed by atoms with E-state index in [0.717, 1.165) is 12.8 Å². The second-order valence-corrected chi connectivity index (χ2v) is 7.84. The van der Waals surface area contributed by atoms with Crippen molar-refractivity contribution in [2.24, 2.45) is 0 Å². The van der Waals surface area contributed by atoms with Crippen LogP contribution in [0, 0.1) is 0 Å². The molecule has 1 rings (SSSR count). The van der Waals surface area contributed by atoms with E-state index in [1.54, 1.807) is 0 Å². The molecule has 0 aromatic carbocycles. The van der Waals surface area contributed by atoms with Crippen LogP contribution in [0.25, 0.3) is 0 Å². The van der Waals surface area contributed by atoms with Gasteiger partial charge in [0.2, 0.25) is 0 Å². The molecular weight excluding hydrogens is 287 g/mol. The smallest absolute Gasteiger partial charge is 0.400 e. The van der Waals surface area contributed by atoms with Crippen molar-refractivity contribution in [3.8, 4) is 0 Å². The number of hydrogen-bond acceptors (Lipinski definition) is 3. The Hall–Kier alpha value is -0.315. The zero-order valence-electron chi connectivity index (χ0n) is 15.9. The van der Waals surface area contributed by atoms with Crippen LogP contribution in [-0.2, 0) is 9.31 Å². The highest BCUT2D eigenvalue weighted by Crippen LogP contribution is 2.36. The standard InChI is InChI=1S/C19H37BO3/c1-6-7-8-9-10-11-12-13-14-17(21)15-16-20-22-18(2,3)19(4,5)23-20/h15-17,21H,6-14H2,1-5H3/b16-15+. The Morgan fingerprint density at radius 3 is 1.87 bits per heavy atom. The lowest BCUT2D eigenvalue weighted by Gasteiger charge is -2.32. The molecule has 0 spiro atoms. The zero-order chi connectivity index (χ0) is 17.3. The van der Waals surface area contributed by atoms with Crippen molar-refractivity contribution in [2.45, 2.75) is 110 Å². The molecular formula is C19H37BO3. The van der Waals surface area contributed by atoms with Crippen molar-refractivity contribution >= 4 is 7.12 Å². The summed E-state index contributed by atoms with van der Waals surface area (Å²) >= 11 is 0. The first-order chi connectivity index (χ1) is 10.8. The van der Waals surface area contributed by atoms with E-state index < -0.39 is 6.10 Å². The highest BCUT2D eigenvalue weighted by molar-refractivity contribution is 6.51. The SMILES string of the molecule is CCCCCCCCCCC(O)/C=C/B1OC(C)(C)C(C)(C)O1. The third-order valence-corrected chi connectivity index (χ3v) is 5.12. The summed E-state index contributed by atoms with van der Waals surface area (Å²) in [5.41, 5.74) is -0.629. The van der Waals surface area contributed by atoms with Gasteiger partial charge in [0.25, 0.3) is 0 Å². The molecule has 0 aromatic rings. The fraction of sp³-hybridized carbons (Fsp3) is 0.895. The lowest BCUT2D eigenvalue weighted by atomic mass is 9.89. The molecule has 1 unspecified atom stereocenters. The van der Waals surface area contributed by atoms with Gasteiger partial charge in [-0.25, -0.2) is 0 Å². The van der Waals surface area contributed by atoms with E-state index in [1.165, 1.54) is 44.9 Å². The average Bonchev–Trinajstić information content (AvgIpc) is 2.67. The fourth-order valence-corrected chi connectivity index (χ4v) is 2.77. The highest BCUT2D eigenvalue weighted by atomic mass is 16.7. The molecule has 0 saturated carbocycles. The summed E-state index contributed by atoms with van der Waals surface area (Å²) in [5.74, 6) is 1.85. The molecule has 1 N–H and O–H groups in total. The maximum Gasteiger partial charge on any atom is 0.486 e. The predicted octanol–water partition coefficient (Wildman–Crippen LogP) is 5.07. The minimum absolute atomic E-state index is 0.315. The van der Waals surface area contributed by atoms with Crippen LogP contribution in [0.2, 0.25) is 0 Å². The van der Waals surface area contributed by atoms with Gasteiger partial charge < -0.3 is 14.4 Å². The van der Waals surface area contributed by atoms with Crippen LogP contribution in [0.4, 0.5) is 0 Å². The summed E-state index contributed by atoms with van der Waals surface area (Å²) < 4.78 is 11.8. The van der Waals surface area contributed by atoms with Gasteiger partial charge in [-0.05, 0) is 34.1 Å². The van der Waals surface area contributed by atoms with Gasteiger partial charge in [-0.1, -0.05) is 70.3 Å². The molecule has 23 heavy (non-hydrogen) atoms. The normalized spacial score (nSPS) is 21.2. The van der Waals surface area contributed by atoms with Crippen molar-refractivity contribution in [3.05, 3.63) is 12.1 Å². The van der Waals surface area contributed by atoms with Gasteiger partial charge in [0.1, 0.15) is 0 Å². The van der Waals surface area contributed by atoms with Crippen molar-refractivity contribution in [3.63, 3.8) is 0 Å². The maximum atomic E-state index is 10.0. The first-order valence-corrected chi connectivity index (χ1v) is 9.50. The molecule has 134 valence electrons. The van der Waals surface area contributed by atoms with Crippen LogP contribution in [0.3, 0.4) is 0 Å². The summed E-state index contributed by atoms with van der Waals surface area (Å²) in [4.78, 5) is 0. The average molecular weight is 324 g/mol. The van der Waals surface area contributed by atoms with Crippen molar-refractivity contribution < 1.29 is 14.4 Å². The molecule has 1 aliphatic rings. The van der Waals surface area contributed by atoms with E-state index in [-0.39, 0.29) is 18.3 Å². The first-order valence-electron chi connectivity index (χ1n) is 9.50. The van der Waals surface area contributed by atoms with Crippen LogP contribution in [0.1, 0.15) is 92.4 Å². The molecule has 3 nitrogen and oxygen atoms in total. The minimum atomic E-state index is -0.394. The van der Waals surface area contributed by atoms with Crippen LogP contribution >= 0.6 is 0 Å². The zero-order valence-corrected chi connectivity index (χ0v) is 15.9. The number of rotatable bonds is 11. The first kappa shape index (κ1) is 20.7. The molecule has 0 aliphatic carbocycles. The van der Waals surface area contributed by atoms with Gasteiger partial charge in [0.15, 0.2) is 0 Å². The van der Waals surface area contributed by atoms with Gasteiger partial charge >= 0.3 is 7.12 Å². The Labute approximate surface area is 144 Å². The van der Waals surface area contributed by atoms with E-state index >= 15 is 0 Å². The molecule has 1 fully saturated rings. The molecule has 4 heteroatoms. The Bertz CT molecular complexity index is 337. The van der Waals surface area contributed by atoms with Crippen molar-refractivity contribution in [1.82, 2.24) is 0 Å². The summed E-state index contributed by atoms with van der Waals surface area (Å²) in [7, 11) is -0.354. The molecule has 0 radical (unpaired) electrons. The third-order valence-electron chi connectivity index (χ3n) is 5.12. The Balaban J connectivity index is 2.11. The lowest BCUT2D eigenvalue weighted by molar-refractivity contribution is 0.00578. The Kier molecular flexibility index (Phi) is 8.88. The van der Waals surface area contributed by atoms with E-state index in [4.69, 9.17) is 9.31 Å². The summed E-state index contributed by atoms with van der Waals surface area (Å²) in [6.45, 7) is 10.4. The molecule has 0 amide bonds. The van der Waals surface area contributed by atoms with Crippen LogP contribution in [0.5, 0.6) is 0 Å². The fourth-order valence-electron chi connectivity index (χ4n) is 2.77. The largest absolute Gasteiger partial charge is 0.486 e. The molecule has 1 heterocycles. The number of aliphatic hydroxyl groups excluding tert-OH is 1. The Morgan fingerprint density at radius 2 is 1.35 bits per heavy atom. The number of aliphatic hydroxyl groups is 1.